The summed E-state index contributed by atoms with van der Waals surface area (Å²) in [4.78, 5) is 28.6. The summed E-state index contributed by atoms with van der Waals surface area (Å²) in [5.74, 6) is 0.139. The van der Waals surface area contributed by atoms with Crippen LogP contribution in [0, 0.1) is 4.77 Å². The van der Waals surface area contributed by atoms with E-state index in [1.165, 1.54) is 0 Å². The fourth-order valence-corrected chi connectivity index (χ4v) is 2.63. The molecule has 0 atom stereocenters. The van der Waals surface area contributed by atoms with E-state index in [9.17, 15) is 9.59 Å². The summed E-state index contributed by atoms with van der Waals surface area (Å²) >= 11 is 5.27. The molecule has 2 rings (SSSR count). The number of carbonyl (C=O) groups is 1. The Balaban J connectivity index is 1.99. The number of rotatable bonds is 6. The number of aromatic nitrogens is 2. The van der Waals surface area contributed by atoms with Gasteiger partial charge in [-0.05, 0) is 37.2 Å². The van der Waals surface area contributed by atoms with Gasteiger partial charge in [0.25, 0.3) is 5.56 Å². The molecule has 0 aliphatic carbocycles. The minimum Gasteiger partial charge on any atom is -0.349 e. The van der Waals surface area contributed by atoms with Crippen molar-refractivity contribution in [1.82, 2.24) is 14.5 Å². The Hall–Kier alpha value is -1.95. The molecule has 1 aromatic carbocycles. The second-order valence-electron chi connectivity index (χ2n) is 5.53. The molecule has 5 nitrogen and oxygen atoms in total. The molecule has 1 heterocycles. The SMILES string of the molecule is CN(C)C(=O)CCCCCn1c(=S)[nH]c2ccccc2c1=O. The van der Waals surface area contributed by atoms with E-state index in [0.29, 0.717) is 23.1 Å². The van der Waals surface area contributed by atoms with Gasteiger partial charge in [-0.15, -0.1) is 0 Å². The van der Waals surface area contributed by atoms with Crippen LogP contribution in [0.25, 0.3) is 10.9 Å². The fraction of sp³-hybridized carbons (Fsp3) is 0.438. The second-order valence-corrected chi connectivity index (χ2v) is 5.92. The molecular weight excluding hydrogens is 298 g/mol. The Bertz CT molecular complexity index is 777. The van der Waals surface area contributed by atoms with Crippen LogP contribution in [-0.2, 0) is 11.3 Å². The van der Waals surface area contributed by atoms with Crippen LogP contribution in [0.4, 0.5) is 0 Å². The van der Waals surface area contributed by atoms with Crippen molar-refractivity contribution in [2.75, 3.05) is 14.1 Å². The average Bonchev–Trinajstić information content (AvgIpc) is 2.49. The molecule has 2 aromatic rings. The van der Waals surface area contributed by atoms with Crippen LogP contribution in [0.5, 0.6) is 0 Å². The van der Waals surface area contributed by atoms with Crippen molar-refractivity contribution >= 4 is 29.0 Å². The molecule has 1 aromatic heterocycles. The van der Waals surface area contributed by atoms with E-state index in [-0.39, 0.29) is 11.5 Å². The third-order valence-corrected chi connectivity index (χ3v) is 3.98. The standard InChI is InChI=1S/C16H21N3O2S/c1-18(2)14(20)10-4-3-7-11-19-15(21)12-8-5-6-9-13(12)17-16(19)22/h5-6,8-9H,3-4,7,10-11H2,1-2H3,(H,17,22). The highest BCUT2D eigenvalue weighted by atomic mass is 32.1. The fourth-order valence-electron chi connectivity index (χ4n) is 2.35. The Labute approximate surface area is 134 Å². The third kappa shape index (κ3) is 3.82. The lowest BCUT2D eigenvalue weighted by atomic mass is 10.2. The van der Waals surface area contributed by atoms with E-state index in [0.717, 1.165) is 24.8 Å². The zero-order valence-corrected chi connectivity index (χ0v) is 13.8. The molecule has 0 radical (unpaired) electrons. The van der Waals surface area contributed by atoms with Gasteiger partial charge in [0.2, 0.25) is 5.91 Å². The van der Waals surface area contributed by atoms with E-state index in [4.69, 9.17) is 12.2 Å². The predicted octanol–water partition coefficient (Wildman–Crippen LogP) is 2.71. The average molecular weight is 319 g/mol. The third-order valence-electron chi connectivity index (χ3n) is 3.66. The van der Waals surface area contributed by atoms with Crippen LogP contribution in [0.3, 0.4) is 0 Å². The number of para-hydroxylation sites is 1. The first-order valence-corrected chi connectivity index (χ1v) is 7.83. The predicted molar refractivity (Wildman–Crippen MR) is 90.6 cm³/mol. The van der Waals surface area contributed by atoms with Crippen molar-refractivity contribution in [1.29, 1.82) is 0 Å². The van der Waals surface area contributed by atoms with Crippen LogP contribution in [0.15, 0.2) is 29.1 Å². The molecule has 0 spiro atoms. The number of nitrogens with zero attached hydrogens (tertiary/aromatic N) is 2. The number of benzene rings is 1. The molecule has 118 valence electrons. The summed E-state index contributed by atoms with van der Waals surface area (Å²) in [6.45, 7) is 0.579. The zero-order chi connectivity index (χ0) is 16.1. The van der Waals surface area contributed by atoms with Crippen molar-refractivity contribution in [3.63, 3.8) is 0 Å². The number of hydrogen-bond acceptors (Lipinski definition) is 3. The second kappa shape index (κ2) is 7.35. The molecule has 1 amide bonds. The maximum absolute atomic E-state index is 12.4. The van der Waals surface area contributed by atoms with Crippen LogP contribution in [0.1, 0.15) is 25.7 Å². The van der Waals surface area contributed by atoms with Crippen molar-refractivity contribution in [2.45, 2.75) is 32.2 Å². The van der Waals surface area contributed by atoms with Gasteiger partial charge in [-0.1, -0.05) is 18.6 Å². The minimum atomic E-state index is -0.0521. The molecule has 0 unspecified atom stereocenters. The van der Waals surface area contributed by atoms with Crippen LogP contribution >= 0.6 is 12.2 Å². The highest BCUT2D eigenvalue weighted by Crippen LogP contribution is 2.08. The molecule has 6 heteroatoms. The maximum atomic E-state index is 12.4. The normalized spacial score (nSPS) is 10.8. The van der Waals surface area contributed by atoms with E-state index in [1.54, 1.807) is 29.6 Å². The largest absolute Gasteiger partial charge is 0.349 e. The lowest BCUT2D eigenvalue weighted by Gasteiger charge is -2.10. The first kappa shape index (κ1) is 16.4. The summed E-state index contributed by atoms with van der Waals surface area (Å²) in [5.41, 5.74) is 0.717. The van der Waals surface area contributed by atoms with Gasteiger partial charge in [0.05, 0.1) is 10.9 Å². The van der Waals surface area contributed by atoms with E-state index >= 15 is 0 Å². The highest BCUT2D eigenvalue weighted by Gasteiger charge is 2.06. The van der Waals surface area contributed by atoms with Crippen molar-refractivity contribution in [3.8, 4) is 0 Å². The van der Waals surface area contributed by atoms with E-state index < -0.39 is 0 Å². The summed E-state index contributed by atoms with van der Waals surface area (Å²) in [5, 5.41) is 0.652. The molecule has 0 aliphatic heterocycles. The lowest BCUT2D eigenvalue weighted by molar-refractivity contribution is -0.128. The van der Waals surface area contributed by atoms with E-state index in [1.807, 2.05) is 18.2 Å². The Kier molecular flexibility index (Phi) is 5.49. The maximum Gasteiger partial charge on any atom is 0.262 e. The van der Waals surface area contributed by atoms with Gasteiger partial charge in [0.1, 0.15) is 0 Å². The number of H-pyrrole nitrogens is 1. The number of hydrogen-bond donors (Lipinski definition) is 1. The number of carbonyl (C=O) groups excluding carboxylic acids is 1. The topological polar surface area (TPSA) is 58.1 Å². The first-order chi connectivity index (χ1) is 10.5. The number of nitrogens with one attached hydrogen (secondary N) is 1. The summed E-state index contributed by atoms with van der Waals surface area (Å²) in [6.07, 6.45) is 3.10. The first-order valence-electron chi connectivity index (χ1n) is 7.42. The van der Waals surface area contributed by atoms with Gasteiger partial charge < -0.3 is 9.88 Å². The number of fused-ring (bicyclic) bond motifs is 1. The van der Waals surface area contributed by atoms with Crippen LogP contribution in [-0.4, -0.2) is 34.5 Å². The molecule has 0 bridgehead atoms. The van der Waals surface area contributed by atoms with Gasteiger partial charge in [-0.25, -0.2) is 0 Å². The smallest absolute Gasteiger partial charge is 0.262 e. The van der Waals surface area contributed by atoms with Crippen molar-refractivity contribution in [3.05, 3.63) is 39.4 Å². The number of aromatic amines is 1. The molecule has 0 aliphatic rings. The summed E-state index contributed by atoms with van der Waals surface area (Å²) in [6, 6.07) is 7.37. The molecule has 1 N–H and O–H groups in total. The van der Waals surface area contributed by atoms with Crippen LogP contribution < -0.4 is 5.56 Å². The molecular formula is C16H21N3O2S. The summed E-state index contributed by atoms with van der Waals surface area (Å²) in [7, 11) is 3.52. The van der Waals surface area contributed by atoms with Crippen LogP contribution in [0.2, 0.25) is 0 Å². The van der Waals surface area contributed by atoms with Crippen molar-refractivity contribution < 1.29 is 4.79 Å². The van der Waals surface area contributed by atoms with Gasteiger partial charge in [0, 0.05) is 27.1 Å². The van der Waals surface area contributed by atoms with Gasteiger partial charge in [-0.3, -0.25) is 14.2 Å². The molecule has 0 saturated carbocycles. The van der Waals surface area contributed by atoms with Crippen molar-refractivity contribution in [2.24, 2.45) is 0 Å². The highest BCUT2D eigenvalue weighted by molar-refractivity contribution is 7.71. The zero-order valence-electron chi connectivity index (χ0n) is 13.0. The lowest BCUT2D eigenvalue weighted by Crippen LogP contribution is -2.22. The Morgan fingerprint density at radius 1 is 1.23 bits per heavy atom. The van der Waals surface area contributed by atoms with Gasteiger partial charge in [-0.2, -0.15) is 0 Å². The minimum absolute atomic E-state index is 0.0521. The van der Waals surface area contributed by atoms with Gasteiger partial charge in [0.15, 0.2) is 4.77 Å². The Morgan fingerprint density at radius 3 is 2.68 bits per heavy atom. The quantitative estimate of drug-likeness (QED) is 0.658. The Morgan fingerprint density at radius 2 is 1.95 bits per heavy atom. The number of unbranched alkanes of at least 4 members (excludes halogenated alkanes) is 2. The van der Waals surface area contributed by atoms with E-state index in [2.05, 4.69) is 4.98 Å². The molecule has 0 saturated heterocycles. The van der Waals surface area contributed by atoms with Gasteiger partial charge >= 0.3 is 0 Å². The number of amides is 1. The molecule has 22 heavy (non-hydrogen) atoms. The molecule has 0 fully saturated rings. The monoisotopic (exact) mass is 319 g/mol. The summed E-state index contributed by atoms with van der Waals surface area (Å²) < 4.78 is 2.05.